The predicted octanol–water partition coefficient (Wildman–Crippen LogP) is 2.44. The SMILES string of the molecule is CCN(CC(=O)NC(C)C)C(=O)[C@H]1CCCC[C@H]1NC(=O)OC(C)(C)C. The van der Waals surface area contributed by atoms with Gasteiger partial charge in [-0.15, -0.1) is 0 Å². The van der Waals surface area contributed by atoms with E-state index in [4.69, 9.17) is 4.74 Å². The second kappa shape index (κ2) is 9.78. The van der Waals surface area contributed by atoms with Crippen LogP contribution in [0.2, 0.25) is 0 Å². The highest BCUT2D eigenvalue weighted by atomic mass is 16.6. The summed E-state index contributed by atoms with van der Waals surface area (Å²) in [5.41, 5.74) is -0.581. The molecule has 1 aliphatic carbocycles. The summed E-state index contributed by atoms with van der Waals surface area (Å²) in [4.78, 5) is 38.7. The van der Waals surface area contributed by atoms with Crippen LogP contribution in [0.25, 0.3) is 0 Å². The molecule has 0 aromatic rings. The number of hydrogen-bond donors (Lipinski definition) is 2. The zero-order valence-electron chi connectivity index (χ0n) is 17.1. The van der Waals surface area contributed by atoms with Crippen molar-refractivity contribution in [3.63, 3.8) is 0 Å². The summed E-state index contributed by atoms with van der Waals surface area (Å²) >= 11 is 0. The van der Waals surface area contributed by atoms with Crippen LogP contribution in [0.5, 0.6) is 0 Å². The summed E-state index contributed by atoms with van der Waals surface area (Å²) in [6.07, 6.45) is 2.86. The molecule has 1 fully saturated rings. The lowest BCUT2D eigenvalue weighted by atomic mass is 9.83. The number of carbonyl (C=O) groups excluding carboxylic acids is 3. The van der Waals surface area contributed by atoms with Crippen LogP contribution in [-0.4, -0.2) is 53.6 Å². The van der Waals surface area contributed by atoms with Gasteiger partial charge in [0.2, 0.25) is 11.8 Å². The lowest BCUT2D eigenvalue weighted by Crippen LogP contribution is -2.52. The van der Waals surface area contributed by atoms with Gasteiger partial charge in [-0.1, -0.05) is 12.8 Å². The third kappa shape index (κ3) is 7.62. The van der Waals surface area contributed by atoms with E-state index < -0.39 is 11.7 Å². The van der Waals surface area contributed by atoms with Crippen LogP contribution < -0.4 is 10.6 Å². The van der Waals surface area contributed by atoms with E-state index in [1.165, 1.54) is 0 Å². The first-order valence-electron chi connectivity index (χ1n) is 9.61. The molecule has 150 valence electrons. The molecule has 0 spiro atoms. The number of nitrogens with one attached hydrogen (secondary N) is 2. The zero-order chi connectivity index (χ0) is 19.9. The fourth-order valence-corrected chi connectivity index (χ4v) is 3.18. The molecule has 2 N–H and O–H groups in total. The molecule has 1 aliphatic rings. The molecule has 3 amide bonds. The molecular formula is C19H35N3O4. The topological polar surface area (TPSA) is 87.7 Å². The monoisotopic (exact) mass is 369 g/mol. The summed E-state index contributed by atoms with van der Waals surface area (Å²) in [6.45, 7) is 11.6. The summed E-state index contributed by atoms with van der Waals surface area (Å²) in [7, 11) is 0. The zero-order valence-corrected chi connectivity index (χ0v) is 17.1. The average molecular weight is 370 g/mol. The van der Waals surface area contributed by atoms with Gasteiger partial charge in [-0.2, -0.15) is 0 Å². The van der Waals surface area contributed by atoms with Crippen LogP contribution in [0.3, 0.4) is 0 Å². The van der Waals surface area contributed by atoms with E-state index in [0.29, 0.717) is 13.0 Å². The first-order chi connectivity index (χ1) is 12.0. The van der Waals surface area contributed by atoms with E-state index in [-0.39, 0.29) is 36.4 Å². The van der Waals surface area contributed by atoms with Crippen molar-refractivity contribution in [3.05, 3.63) is 0 Å². The maximum atomic E-state index is 13.0. The van der Waals surface area contributed by atoms with Gasteiger partial charge in [-0.3, -0.25) is 9.59 Å². The van der Waals surface area contributed by atoms with Crippen molar-refractivity contribution in [1.29, 1.82) is 0 Å². The highest BCUT2D eigenvalue weighted by Crippen LogP contribution is 2.26. The maximum Gasteiger partial charge on any atom is 0.407 e. The van der Waals surface area contributed by atoms with Crippen LogP contribution in [0, 0.1) is 5.92 Å². The van der Waals surface area contributed by atoms with Crippen molar-refractivity contribution in [3.8, 4) is 0 Å². The summed E-state index contributed by atoms with van der Waals surface area (Å²) in [5.74, 6) is -0.558. The second-order valence-corrected chi connectivity index (χ2v) is 8.22. The fraction of sp³-hybridized carbons (Fsp3) is 0.842. The van der Waals surface area contributed by atoms with E-state index in [1.807, 2.05) is 41.5 Å². The molecule has 0 unspecified atom stereocenters. The number of amides is 3. The molecule has 0 bridgehead atoms. The Bertz CT molecular complexity index is 500. The Balaban J connectivity index is 2.75. The molecule has 0 heterocycles. The average Bonchev–Trinajstić information content (AvgIpc) is 2.50. The van der Waals surface area contributed by atoms with Gasteiger partial charge in [0, 0.05) is 18.6 Å². The standard InChI is InChI=1S/C19H35N3O4/c1-7-22(12-16(23)20-13(2)3)17(24)14-10-8-9-11-15(14)21-18(25)26-19(4,5)6/h13-15H,7-12H2,1-6H3,(H,20,23)(H,21,25)/t14-,15+/m0/s1. The van der Waals surface area contributed by atoms with Gasteiger partial charge in [-0.05, 0) is 54.4 Å². The number of ether oxygens (including phenoxy) is 1. The minimum absolute atomic E-state index is 0.0348. The number of rotatable bonds is 6. The molecule has 7 heteroatoms. The van der Waals surface area contributed by atoms with Crippen molar-refractivity contribution in [2.24, 2.45) is 5.92 Å². The molecule has 1 rings (SSSR count). The normalized spacial score (nSPS) is 20.4. The van der Waals surface area contributed by atoms with Crippen molar-refractivity contribution in [2.45, 2.75) is 84.9 Å². The minimum atomic E-state index is -0.581. The van der Waals surface area contributed by atoms with Gasteiger partial charge in [0.05, 0.1) is 12.5 Å². The first kappa shape index (κ1) is 22.3. The summed E-state index contributed by atoms with van der Waals surface area (Å²) in [6, 6.07) is -0.221. The number of nitrogens with zero attached hydrogens (tertiary/aromatic N) is 1. The van der Waals surface area contributed by atoms with Gasteiger partial charge >= 0.3 is 6.09 Å². The van der Waals surface area contributed by atoms with Crippen LogP contribution >= 0.6 is 0 Å². The van der Waals surface area contributed by atoms with E-state index in [1.54, 1.807) is 4.90 Å². The third-order valence-corrected chi connectivity index (χ3v) is 4.26. The summed E-state index contributed by atoms with van der Waals surface area (Å²) < 4.78 is 5.32. The van der Waals surface area contributed by atoms with Crippen molar-refractivity contribution < 1.29 is 19.1 Å². The van der Waals surface area contributed by atoms with Gasteiger partial charge < -0.3 is 20.3 Å². The molecule has 0 aromatic heterocycles. The lowest BCUT2D eigenvalue weighted by molar-refractivity contribution is -0.141. The molecule has 2 atom stereocenters. The molecule has 0 radical (unpaired) electrons. The smallest absolute Gasteiger partial charge is 0.407 e. The molecule has 0 aromatic carbocycles. The Morgan fingerprint density at radius 2 is 1.77 bits per heavy atom. The van der Waals surface area contributed by atoms with Crippen LogP contribution in [-0.2, 0) is 14.3 Å². The third-order valence-electron chi connectivity index (χ3n) is 4.26. The van der Waals surface area contributed by atoms with Gasteiger partial charge in [0.1, 0.15) is 5.60 Å². The Hall–Kier alpha value is -1.79. The number of hydrogen-bond acceptors (Lipinski definition) is 4. The molecular weight excluding hydrogens is 334 g/mol. The molecule has 1 saturated carbocycles. The Kier molecular flexibility index (Phi) is 8.37. The fourth-order valence-electron chi connectivity index (χ4n) is 3.18. The van der Waals surface area contributed by atoms with Crippen LogP contribution in [0.15, 0.2) is 0 Å². The molecule has 26 heavy (non-hydrogen) atoms. The van der Waals surface area contributed by atoms with Gasteiger partial charge in [0.15, 0.2) is 0 Å². The van der Waals surface area contributed by atoms with Gasteiger partial charge in [0.25, 0.3) is 0 Å². The van der Waals surface area contributed by atoms with Crippen LogP contribution in [0.4, 0.5) is 4.79 Å². The molecule has 7 nitrogen and oxygen atoms in total. The quantitative estimate of drug-likeness (QED) is 0.753. The van der Waals surface area contributed by atoms with Crippen molar-refractivity contribution >= 4 is 17.9 Å². The van der Waals surface area contributed by atoms with Crippen molar-refractivity contribution in [2.75, 3.05) is 13.1 Å². The Morgan fingerprint density at radius 1 is 1.15 bits per heavy atom. The summed E-state index contributed by atoms with van der Waals surface area (Å²) in [5, 5.41) is 5.67. The highest BCUT2D eigenvalue weighted by Gasteiger charge is 2.35. The highest BCUT2D eigenvalue weighted by molar-refractivity contribution is 5.86. The van der Waals surface area contributed by atoms with Gasteiger partial charge in [-0.25, -0.2) is 4.79 Å². The van der Waals surface area contributed by atoms with E-state index in [0.717, 1.165) is 19.3 Å². The first-order valence-corrected chi connectivity index (χ1v) is 9.61. The second-order valence-electron chi connectivity index (χ2n) is 8.22. The lowest BCUT2D eigenvalue weighted by Gasteiger charge is -2.35. The predicted molar refractivity (Wildman–Crippen MR) is 101 cm³/mol. The molecule has 0 saturated heterocycles. The van der Waals surface area contributed by atoms with E-state index >= 15 is 0 Å². The number of carbonyl (C=O) groups is 3. The largest absolute Gasteiger partial charge is 0.444 e. The Morgan fingerprint density at radius 3 is 2.31 bits per heavy atom. The maximum absolute atomic E-state index is 13.0. The van der Waals surface area contributed by atoms with Crippen molar-refractivity contribution in [1.82, 2.24) is 15.5 Å². The van der Waals surface area contributed by atoms with Crippen LogP contribution in [0.1, 0.15) is 67.2 Å². The number of likely N-dealkylation sites (N-methyl/N-ethyl adjacent to an activating group) is 1. The van der Waals surface area contributed by atoms with E-state index in [9.17, 15) is 14.4 Å². The Labute approximate surface area is 157 Å². The minimum Gasteiger partial charge on any atom is -0.444 e. The van der Waals surface area contributed by atoms with E-state index in [2.05, 4.69) is 10.6 Å². The molecule has 0 aliphatic heterocycles. The number of alkyl carbamates (subject to hydrolysis) is 1.